The van der Waals surface area contributed by atoms with Crippen LogP contribution in [0.4, 0.5) is 0 Å². The highest BCUT2D eigenvalue weighted by Gasteiger charge is 2.09. The Morgan fingerprint density at radius 1 is 1.50 bits per heavy atom. The minimum absolute atomic E-state index is 0. The van der Waals surface area contributed by atoms with Crippen molar-refractivity contribution in [2.24, 2.45) is 0 Å². The summed E-state index contributed by atoms with van der Waals surface area (Å²) < 4.78 is 0. The van der Waals surface area contributed by atoms with E-state index in [1.165, 1.54) is 6.07 Å². The molecule has 0 aromatic heterocycles. The van der Waals surface area contributed by atoms with Crippen molar-refractivity contribution < 1.29 is 9.90 Å². The van der Waals surface area contributed by atoms with Crippen molar-refractivity contribution in [2.45, 2.75) is 4.90 Å². The van der Waals surface area contributed by atoms with E-state index in [2.05, 4.69) is 12.6 Å². The molecule has 0 radical (unpaired) electrons. The summed E-state index contributed by atoms with van der Waals surface area (Å²) in [6, 6.07) is 4.60. The first-order valence-corrected chi connectivity index (χ1v) is 3.66. The lowest BCUT2D eigenvalue weighted by molar-refractivity contribution is 0.107. The van der Waals surface area contributed by atoms with E-state index < -0.39 is 5.24 Å². The van der Waals surface area contributed by atoms with Crippen molar-refractivity contribution in [3.05, 3.63) is 23.8 Å². The van der Waals surface area contributed by atoms with Gasteiger partial charge >= 0.3 is 0 Å². The van der Waals surface area contributed by atoms with Crippen LogP contribution in [-0.2, 0) is 0 Å². The van der Waals surface area contributed by atoms with Crippen molar-refractivity contribution >= 4 is 41.9 Å². The highest BCUT2D eigenvalue weighted by Crippen LogP contribution is 2.26. The smallest absolute Gasteiger partial charge is 0.256 e. The molecule has 66 valence electrons. The normalized spacial score (nSPS) is 8.83. The van der Waals surface area contributed by atoms with Gasteiger partial charge < -0.3 is 5.11 Å². The number of rotatable bonds is 1. The molecule has 0 aliphatic carbocycles. The predicted molar refractivity (Wildman–Crippen MR) is 52.8 cm³/mol. The molecule has 1 aromatic carbocycles. The van der Waals surface area contributed by atoms with E-state index in [0.717, 1.165) is 0 Å². The molecule has 0 amide bonds. The number of phenolic OH excluding ortho intramolecular Hbond substituents is 1. The van der Waals surface area contributed by atoms with Crippen LogP contribution < -0.4 is 0 Å². The second-order valence-corrected chi connectivity index (χ2v) is 2.77. The Labute approximate surface area is 86.4 Å². The molecule has 0 saturated carbocycles. The van der Waals surface area contributed by atoms with Gasteiger partial charge in [-0.2, -0.15) is 0 Å². The molecule has 2 nitrogen and oxygen atoms in total. The van der Waals surface area contributed by atoms with Gasteiger partial charge in [-0.1, -0.05) is 6.07 Å². The quantitative estimate of drug-likeness (QED) is 0.569. The molecule has 0 bridgehead atoms. The second kappa shape index (κ2) is 4.60. The maximum Gasteiger partial charge on any atom is 0.256 e. The molecular weight excluding hydrogens is 219 g/mol. The molecule has 1 rings (SSSR count). The topological polar surface area (TPSA) is 37.3 Å². The highest BCUT2D eigenvalue weighted by atomic mass is 35.5. The van der Waals surface area contributed by atoms with Gasteiger partial charge in [-0.15, -0.1) is 25.0 Å². The SMILES string of the molecule is Cl.O=C(Cl)c1cccc(S)c1O. The monoisotopic (exact) mass is 224 g/mol. The molecule has 0 spiro atoms. The maximum atomic E-state index is 10.6. The number of aromatic hydroxyl groups is 1. The standard InChI is InChI=1S/C7H5ClO2S.ClH/c8-7(10)4-2-1-3-5(11)6(4)9;/h1-3,9,11H;1H. The Hall–Kier alpha value is -0.380. The zero-order valence-corrected chi connectivity index (χ0v) is 8.29. The number of hydrogen-bond donors (Lipinski definition) is 2. The predicted octanol–water partition coefficient (Wildman–Crippen LogP) is 2.48. The third-order valence-electron chi connectivity index (χ3n) is 1.23. The number of carbonyl (C=O) groups is 1. The van der Waals surface area contributed by atoms with Gasteiger partial charge in [-0.3, -0.25) is 4.79 Å². The van der Waals surface area contributed by atoms with Gasteiger partial charge in [0, 0.05) is 4.90 Å². The maximum absolute atomic E-state index is 10.6. The number of thiol groups is 1. The first-order chi connectivity index (χ1) is 5.13. The third kappa shape index (κ3) is 2.30. The Balaban J connectivity index is 0.00000121. The Kier molecular flexibility index (Phi) is 4.45. The van der Waals surface area contributed by atoms with E-state index in [1.54, 1.807) is 12.1 Å². The van der Waals surface area contributed by atoms with Gasteiger partial charge in [-0.05, 0) is 23.7 Å². The van der Waals surface area contributed by atoms with Crippen LogP contribution in [0.3, 0.4) is 0 Å². The Morgan fingerprint density at radius 3 is 2.50 bits per heavy atom. The fraction of sp³-hybridized carbons (Fsp3) is 0. The largest absolute Gasteiger partial charge is 0.506 e. The van der Waals surface area contributed by atoms with Crippen LogP contribution in [0.15, 0.2) is 23.1 Å². The van der Waals surface area contributed by atoms with E-state index in [9.17, 15) is 9.90 Å². The first kappa shape index (κ1) is 11.6. The minimum atomic E-state index is -0.682. The summed E-state index contributed by atoms with van der Waals surface area (Å²) >= 11 is 9.05. The van der Waals surface area contributed by atoms with Gasteiger partial charge in [0.25, 0.3) is 5.24 Å². The second-order valence-electron chi connectivity index (χ2n) is 1.95. The molecule has 0 heterocycles. The van der Waals surface area contributed by atoms with Crippen molar-refractivity contribution in [2.75, 3.05) is 0 Å². The lowest BCUT2D eigenvalue weighted by Crippen LogP contribution is -1.89. The number of carbonyl (C=O) groups excluding carboxylic acids is 1. The summed E-state index contributed by atoms with van der Waals surface area (Å²) in [7, 11) is 0. The van der Waals surface area contributed by atoms with Crippen LogP contribution in [-0.4, -0.2) is 10.3 Å². The van der Waals surface area contributed by atoms with Gasteiger partial charge in [0.15, 0.2) is 0 Å². The fourth-order valence-electron chi connectivity index (χ4n) is 0.690. The molecule has 1 N–H and O–H groups in total. The average Bonchev–Trinajstić information content (AvgIpc) is 1.94. The van der Waals surface area contributed by atoms with Crippen LogP contribution in [0.2, 0.25) is 0 Å². The minimum Gasteiger partial charge on any atom is -0.506 e. The highest BCUT2D eigenvalue weighted by molar-refractivity contribution is 7.80. The average molecular weight is 225 g/mol. The molecule has 0 saturated heterocycles. The Bertz CT molecular complexity index is 301. The van der Waals surface area contributed by atoms with Crippen LogP contribution >= 0.6 is 36.6 Å². The number of para-hydroxylation sites is 1. The molecule has 0 fully saturated rings. The lowest BCUT2D eigenvalue weighted by atomic mass is 10.2. The van der Waals surface area contributed by atoms with Gasteiger partial charge in [0.2, 0.25) is 0 Å². The number of benzene rings is 1. The summed E-state index contributed by atoms with van der Waals surface area (Å²) in [6.45, 7) is 0. The molecule has 0 aliphatic rings. The van der Waals surface area contributed by atoms with Crippen molar-refractivity contribution in [1.29, 1.82) is 0 Å². The summed E-state index contributed by atoms with van der Waals surface area (Å²) in [6.07, 6.45) is 0. The number of phenols is 1. The molecule has 1 aromatic rings. The summed E-state index contributed by atoms with van der Waals surface area (Å²) in [5.41, 5.74) is 0.0826. The molecule has 12 heavy (non-hydrogen) atoms. The van der Waals surface area contributed by atoms with Crippen LogP contribution in [0.5, 0.6) is 5.75 Å². The zero-order valence-electron chi connectivity index (χ0n) is 5.82. The van der Waals surface area contributed by atoms with Crippen molar-refractivity contribution in [3.63, 3.8) is 0 Å². The van der Waals surface area contributed by atoms with Crippen LogP contribution in [0, 0.1) is 0 Å². The van der Waals surface area contributed by atoms with Crippen molar-refractivity contribution in [1.82, 2.24) is 0 Å². The van der Waals surface area contributed by atoms with Crippen LogP contribution in [0.1, 0.15) is 10.4 Å². The van der Waals surface area contributed by atoms with Crippen LogP contribution in [0.25, 0.3) is 0 Å². The summed E-state index contributed by atoms with van der Waals surface area (Å²) in [4.78, 5) is 10.9. The number of hydrogen-bond acceptors (Lipinski definition) is 3. The lowest BCUT2D eigenvalue weighted by Gasteiger charge is -1.99. The summed E-state index contributed by atoms with van der Waals surface area (Å²) in [5.74, 6) is -0.171. The van der Waals surface area contributed by atoms with E-state index in [1.807, 2.05) is 0 Å². The van der Waals surface area contributed by atoms with Gasteiger partial charge in [0.05, 0.1) is 5.56 Å². The zero-order chi connectivity index (χ0) is 8.43. The molecular formula is C7H6Cl2O2S. The van der Waals surface area contributed by atoms with E-state index in [-0.39, 0.29) is 23.7 Å². The molecule has 0 atom stereocenters. The van der Waals surface area contributed by atoms with Gasteiger partial charge in [0.1, 0.15) is 5.75 Å². The fourth-order valence-corrected chi connectivity index (χ4v) is 1.05. The molecule has 5 heteroatoms. The first-order valence-electron chi connectivity index (χ1n) is 2.83. The van der Waals surface area contributed by atoms with Gasteiger partial charge in [-0.25, -0.2) is 0 Å². The summed E-state index contributed by atoms with van der Waals surface area (Å²) in [5, 5.41) is 8.50. The van der Waals surface area contributed by atoms with E-state index in [0.29, 0.717) is 4.90 Å². The molecule has 0 aliphatic heterocycles. The van der Waals surface area contributed by atoms with E-state index >= 15 is 0 Å². The number of halogens is 2. The van der Waals surface area contributed by atoms with E-state index in [4.69, 9.17) is 11.6 Å². The third-order valence-corrected chi connectivity index (χ3v) is 1.79. The molecule has 0 unspecified atom stereocenters. The van der Waals surface area contributed by atoms with Crippen molar-refractivity contribution in [3.8, 4) is 5.75 Å². The Morgan fingerprint density at radius 2 is 2.08 bits per heavy atom.